The third-order valence-corrected chi connectivity index (χ3v) is 8.73. The van der Waals surface area contributed by atoms with Gasteiger partial charge in [0.2, 0.25) is 0 Å². The second-order valence-corrected chi connectivity index (χ2v) is 10.9. The number of ether oxygens (including phenoxy) is 3. The summed E-state index contributed by atoms with van der Waals surface area (Å²) in [4.78, 5) is 32.8. The number of halogens is 2. The van der Waals surface area contributed by atoms with Gasteiger partial charge in [-0.25, -0.2) is 9.79 Å². The number of aromatic nitrogens is 1. The minimum absolute atomic E-state index is 0.162. The predicted molar refractivity (Wildman–Crippen MR) is 155 cm³/mol. The SMILES string of the molecule is CCOC(=O)C1=C(c2ccccc2)N=c2s/c(=C/c3cc(Br)c(Br)o3)c(=O)n2[C@H]1c1ccc(OC)c(OC)c1. The van der Waals surface area contributed by atoms with Crippen molar-refractivity contribution in [3.63, 3.8) is 0 Å². The summed E-state index contributed by atoms with van der Waals surface area (Å²) in [6.45, 7) is 1.90. The van der Waals surface area contributed by atoms with E-state index in [9.17, 15) is 9.59 Å². The van der Waals surface area contributed by atoms with E-state index in [2.05, 4.69) is 31.9 Å². The third-order valence-electron chi connectivity index (χ3n) is 6.03. The molecule has 3 heterocycles. The fraction of sp³-hybridized carbons (Fsp3) is 0.179. The van der Waals surface area contributed by atoms with E-state index >= 15 is 0 Å². The number of rotatable bonds is 7. The third kappa shape index (κ3) is 5.13. The summed E-state index contributed by atoms with van der Waals surface area (Å²) in [6, 6.07) is 15.6. The molecule has 0 radical (unpaired) electrons. The zero-order valence-electron chi connectivity index (χ0n) is 21.1. The van der Waals surface area contributed by atoms with Crippen molar-refractivity contribution in [1.29, 1.82) is 0 Å². The van der Waals surface area contributed by atoms with E-state index in [4.69, 9.17) is 23.6 Å². The number of hydrogen-bond acceptors (Lipinski definition) is 8. The van der Waals surface area contributed by atoms with Gasteiger partial charge >= 0.3 is 5.97 Å². The lowest BCUT2D eigenvalue weighted by Crippen LogP contribution is -2.40. The van der Waals surface area contributed by atoms with Crippen LogP contribution < -0.4 is 24.4 Å². The molecule has 0 amide bonds. The average molecular weight is 674 g/mol. The largest absolute Gasteiger partial charge is 0.493 e. The van der Waals surface area contributed by atoms with Crippen molar-refractivity contribution in [2.75, 3.05) is 20.8 Å². The van der Waals surface area contributed by atoms with E-state index in [0.29, 0.717) is 42.5 Å². The molecular weight excluding hydrogens is 652 g/mol. The molecule has 8 nitrogen and oxygen atoms in total. The summed E-state index contributed by atoms with van der Waals surface area (Å²) >= 11 is 7.94. The van der Waals surface area contributed by atoms with Gasteiger partial charge in [0.1, 0.15) is 5.76 Å². The standard InChI is InChI=1S/C28H22Br2N2O6S/c1-4-37-27(34)22-23(15-8-6-5-7-9-15)31-28-32(24(22)16-10-11-19(35-2)20(12-16)36-3)26(33)21(39-28)14-17-13-18(29)25(30)38-17/h5-14,24H,4H2,1-3H3/b21-14+/t24-/m0/s1. The van der Waals surface area contributed by atoms with Crippen LogP contribution in [0, 0.1) is 0 Å². The van der Waals surface area contributed by atoms with Gasteiger partial charge in [0.05, 0.1) is 47.1 Å². The fourth-order valence-electron chi connectivity index (χ4n) is 4.34. The molecule has 1 aliphatic rings. The van der Waals surface area contributed by atoms with Crippen LogP contribution in [0.3, 0.4) is 0 Å². The van der Waals surface area contributed by atoms with E-state index in [1.165, 1.54) is 23.0 Å². The molecule has 39 heavy (non-hydrogen) atoms. The van der Waals surface area contributed by atoms with Gasteiger partial charge < -0.3 is 18.6 Å². The van der Waals surface area contributed by atoms with Crippen molar-refractivity contribution in [2.45, 2.75) is 13.0 Å². The molecule has 0 saturated carbocycles. The van der Waals surface area contributed by atoms with E-state index in [0.717, 1.165) is 10.0 Å². The minimum atomic E-state index is -0.840. The van der Waals surface area contributed by atoms with Crippen LogP contribution in [-0.4, -0.2) is 31.4 Å². The number of hydrogen-bond donors (Lipinski definition) is 0. The van der Waals surface area contributed by atoms with Crippen LogP contribution in [0.15, 0.2) is 83.5 Å². The Morgan fingerprint density at radius 3 is 2.49 bits per heavy atom. The lowest BCUT2D eigenvalue weighted by molar-refractivity contribution is -0.138. The van der Waals surface area contributed by atoms with Crippen molar-refractivity contribution in [2.24, 2.45) is 4.99 Å². The Labute approximate surface area is 244 Å². The number of thiazole rings is 1. The number of carbonyl (C=O) groups excluding carboxylic acids is 1. The molecule has 5 rings (SSSR count). The van der Waals surface area contributed by atoms with Gasteiger partial charge in [0.25, 0.3) is 5.56 Å². The Morgan fingerprint density at radius 2 is 1.85 bits per heavy atom. The first-order chi connectivity index (χ1) is 18.9. The Bertz CT molecular complexity index is 1750. The summed E-state index contributed by atoms with van der Waals surface area (Å²) in [5.41, 5.74) is 1.72. The van der Waals surface area contributed by atoms with E-state index in [1.807, 2.05) is 30.3 Å². The molecule has 200 valence electrons. The summed E-state index contributed by atoms with van der Waals surface area (Å²) in [5.74, 6) is 0.902. The zero-order valence-corrected chi connectivity index (χ0v) is 25.1. The second-order valence-electron chi connectivity index (χ2n) is 8.32. The highest BCUT2D eigenvalue weighted by Crippen LogP contribution is 2.38. The highest BCUT2D eigenvalue weighted by molar-refractivity contribution is 9.13. The Balaban J connectivity index is 1.84. The normalized spacial score (nSPS) is 15.1. The molecule has 0 N–H and O–H groups in total. The maximum atomic E-state index is 13.9. The second kappa shape index (κ2) is 11.4. The van der Waals surface area contributed by atoms with Crippen LogP contribution >= 0.6 is 43.2 Å². The lowest BCUT2D eigenvalue weighted by atomic mass is 9.93. The molecule has 1 aliphatic heterocycles. The van der Waals surface area contributed by atoms with Crippen molar-refractivity contribution >= 4 is 60.9 Å². The molecule has 2 aromatic heterocycles. The molecule has 0 saturated heterocycles. The smallest absolute Gasteiger partial charge is 0.338 e. The molecular formula is C28H22Br2N2O6S. The quantitative estimate of drug-likeness (QED) is 0.255. The van der Waals surface area contributed by atoms with Crippen molar-refractivity contribution in [3.8, 4) is 11.5 Å². The molecule has 0 bridgehead atoms. The van der Waals surface area contributed by atoms with Crippen LogP contribution in [0.25, 0.3) is 11.8 Å². The summed E-state index contributed by atoms with van der Waals surface area (Å²) < 4.78 is 25.3. The topological polar surface area (TPSA) is 92.3 Å². The van der Waals surface area contributed by atoms with Gasteiger partial charge in [-0.3, -0.25) is 9.36 Å². The van der Waals surface area contributed by atoms with Gasteiger partial charge in [-0.15, -0.1) is 0 Å². The number of esters is 1. The first-order valence-electron chi connectivity index (χ1n) is 11.8. The monoisotopic (exact) mass is 672 g/mol. The maximum absolute atomic E-state index is 13.9. The molecule has 1 atom stereocenters. The molecule has 0 unspecified atom stereocenters. The Hall–Kier alpha value is -3.41. The van der Waals surface area contributed by atoms with Crippen LogP contribution in [-0.2, 0) is 9.53 Å². The zero-order chi connectivity index (χ0) is 27.7. The van der Waals surface area contributed by atoms with Crippen LogP contribution in [0.5, 0.6) is 11.5 Å². The molecule has 4 aromatic rings. The summed E-state index contributed by atoms with van der Waals surface area (Å²) in [7, 11) is 3.08. The highest BCUT2D eigenvalue weighted by atomic mass is 79.9. The number of fused-ring (bicyclic) bond motifs is 1. The molecule has 0 fully saturated rings. The number of furan rings is 1. The Morgan fingerprint density at radius 1 is 1.10 bits per heavy atom. The van der Waals surface area contributed by atoms with Crippen LogP contribution in [0.1, 0.15) is 29.9 Å². The molecule has 0 aliphatic carbocycles. The number of nitrogens with zero attached hydrogens (tertiary/aromatic N) is 2. The van der Waals surface area contributed by atoms with Gasteiger partial charge in [0.15, 0.2) is 21.0 Å². The van der Waals surface area contributed by atoms with E-state index in [1.54, 1.807) is 44.4 Å². The summed E-state index contributed by atoms with van der Waals surface area (Å²) in [5, 5.41) is 0. The predicted octanol–water partition coefficient (Wildman–Crippen LogP) is 5.07. The first kappa shape index (κ1) is 27.2. The van der Waals surface area contributed by atoms with Crippen molar-refractivity contribution in [1.82, 2.24) is 4.57 Å². The Kier molecular flexibility index (Phi) is 7.92. The summed E-state index contributed by atoms with van der Waals surface area (Å²) in [6.07, 6.45) is 1.65. The van der Waals surface area contributed by atoms with Crippen molar-refractivity contribution < 1.29 is 23.4 Å². The fourth-order valence-corrected chi connectivity index (χ4v) is 5.93. The first-order valence-corrected chi connectivity index (χ1v) is 14.2. The molecule has 11 heteroatoms. The van der Waals surface area contributed by atoms with Gasteiger partial charge in [-0.2, -0.15) is 0 Å². The van der Waals surface area contributed by atoms with Gasteiger partial charge in [0, 0.05) is 11.6 Å². The molecule has 0 spiro atoms. The van der Waals surface area contributed by atoms with Crippen LogP contribution in [0.2, 0.25) is 0 Å². The maximum Gasteiger partial charge on any atom is 0.338 e. The lowest BCUT2D eigenvalue weighted by Gasteiger charge is -2.26. The minimum Gasteiger partial charge on any atom is -0.493 e. The van der Waals surface area contributed by atoms with Crippen molar-refractivity contribution in [3.05, 3.63) is 106 Å². The highest BCUT2D eigenvalue weighted by Gasteiger charge is 2.35. The van der Waals surface area contributed by atoms with Gasteiger partial charge in [-0.05, 0) is 62.5 Å². The number of methoxy groups -OCH3 is 2. The van der Waals surface area contributed by atoms with Gasteiger partial charge in [-0.1, -0.05) is 47.7 Å². The van der Waals surface area contributed by atoms with E-state index < -0.39 is 12.0 Å². The average Bonchev–Trinajstić information content (AvgIpc) is 3.44. The van der Waals surface area contributed by atoms with Crippen LogP contribution in [0.4, 0.5) is 0 Å². The number of carbonyl (C=O) groups is 1. The molecule has 2 aromatic carbocycles. The number of benzene rings is 2. The van der Waals surface area contributed by atoms with E-state index in [-0.39, 0.29) is 17.7 Å².